The van der Waals surface area contributed by atoms with E-state index in [4.69, 9.17) is 0 Å². The molecule has 0 bridgehead atoms. The molecule has 10 heteroatoms. The number of imidazole rings is 1. The van der Waals surface area contributed by atoms with Crippen LogP contribution in [-0.4, -0.2) is 42.6 Å². The number of aryl methyl sites for hydroxylation is 1. The van der Waals surface area contributed by atoms with Crippen molar-refractivity contribution in [3.05, 3.63) is 36.2 Å². The Morgan fingerprint density at radius 3 is 2.74 bits per heavy atom. The molecule has 0 spiro atoms. The fraction of sp³-hybridized carbons (Fsp3) is 0.385. The summed E-state index contributed by atoms with van der Waals surface area (Å²) in [4.78, 5) is 5.71. The number of nitrogens with zero attached hydrogens (tertiary/aromatic N) is 7. The molecule has 0 aromatic carbocycles. The summed E-state index contributed by atoms with van der Waals surface area (Å²) >= 11 is 0. The first-order valence-electron chi connectivity index (χ1n) is 6.80. The highest BCUT2D eigenvalue weighted by molar-refractivity contribution is 5.45. The first-order valence-corrected chi connectivity index (χ1v) is 6.80. The summed E-state index contributed by atoms with van der Waals surface area (Å²) in [6, 6.07) is 3.49. The van der Waals surface area contributed by atoms with Gasteiger partial charge in [0.25, 0.3) is 0 Å². The second kappa shape index (κ2) is 5.52. The molecule has 0 aliphatic carbocycles. The van der Waals surface area contributed by atoms with Gasteiger partial charge in [-0.15, -0.1) is 15.3 Å². The van der Waals surface area contributed by atoms with E-state index < -0.39 is 12.7 Å². The van der Waals surface area contributed by atoms with Crippen molar-refractivity contribution in [3.63, 3.8) is 0 Å². The van der Waals surface area contributed by atoms with Crippen LogP contribution in [-0.2, 0) is 13.1 Å². The lowest BCUT2D eigenvalue weighted by atomic mass is 10.4. The van der Waals surface area contributed by atoms with Crippen LogP contribution in [0.2, 0.25) is 0 Å². The number of aromatic nitrogens is 6. The van der Waals surface area contributed by atoms with Crippen LogP contribution in [0.5, 0.6) is 0 Å². The van der Waals surface area contributed by atoms with Crippen molar-refractivity contribution >= 4 is 11.5 Å². The molecule has 0 amide bonds. The van der Waals surface area contributed by atoms with Crippen molar-refractivity contribution < 1.29 is 13.2 Å². The summed E-state index contributed by atoms with van der Waals surface area (Å²) in [5.74, 6) is 1.53. The van der Waals surface area contributed by atoms with Crippen molar-refractivity contribution in [3.8, 4) is 0 Å². The summed E-state index contributed by atoms with van der Waals surface area (Å²) in [6.45, 7) is 0.906. The van der Waals surface area contributed by atoms with Gasteiger partial charge in [0.15, 0.2) is 11.5 Å². The highest BCUT2D eigenvalue weighted by Gasteiger charge is 2.29. The van der Waals surface area contributed by atoms with Crippen LogP contribution in [0.4, 0.5) is 19.0 Å². The Morgan fingerprint density at radius 2 is 2.00 bits per heavy atom. The molecule has 7 nitrogen and oxygen atoms in total. The molecule has 3 aromatic heterocycles. The van der Waals surface area contributed by atoms with Crippen LogP contribution in [0, 0.1) is 6.92 Å². The molecule has 0 unspecified atom stereocenters. The Morgan fingerprint density at radius 1 is 1.22 bits per heavy atom. The third-order valence-corrected chi connectivity index (χ3v) is 3.33. The van der Waals surface area contributed by atoms with E-state index in [1.165, 1.54) is 12.4 Å². The molecule has 0 radical (unpaired) electrons. The molecule has 0 saturated heterocycles. The largest absolute Gasteiger partial charge is 0.406 e. The quantitative estimate of drug-likeness (QED) is 0.732. The van der Waals surface area contributed by atoms with Gasteiger partial charge in [-0.3, -0.25) is 0 Å². The third kappa shape index (κ3) is 3.25. The van der Waals surface area contributed by atoms with Crippen LogP contribution in [0.15, 0.2) is 24.5 Å². The molecule has 0 saturated carbocycles. The van der Waals surface area contributed by atoms with Crippen molar-refractivity contribution in [1.29, 1.82) is 0 Å². The summed E-state index contributed by atoms with van der Waals surface area (Å²) in [6.07, 6.45) is -1.61. The molecule has 0 aliphatic heterocycles. The summed E-state index contributed by atoms with van der Waals surface area (Å²) in [5, 5.41) is 12.2. The van der Waals surface area contributed by atoms with Gasteiger partial charge in [0.2, 0.25) is 0 Å². The SMILES string of the molecule is Cc1nnc2ccc(N(C)Cc3nccn3CC(F)(F)F)nn12. The van der Waals surface area contributed by atoms with Gasteiger partial charge in [0.05, 0.1) is 6.54 Å². The van der Waals surface area contributed by atoms with Crippen molar-refractivity contribution in [2.75, 3.05) is 11.9 Å². The van der Waals surface area contributed by atoms with Gasteiger partial charge in [-0.05, 0) is 19.1 Å². The van der Waals surface area contributed by atoms with Gasteiger partial charge in [0.1, 0.15) is 18.2 Å². The minimum absolute atomic E-state index is 0.197. The van der Waals surface area contributed by atoms with Gasteiger partial charge >= 0.3 is 6.18 Å². The second-order valence-corrected chi connectivity index (χ2v) is 5.15. The van der Waals surface area contributed by atoms with E-state index >= 15 is 0 Å². The Kier molecular flexibility index (Phi) is 3.66. The van der Waals surface area contributed by atoms with Crippen LogP contribution < -0.4 is 4.90 Å². The predicted octanol–water partition coefficient (Wildman–Crippen LogP) is 1.83. The van der Waals surface area contributed by atoms with Crippen molar-refractivity contribution in [2.24, 2.45) is 0 Å². The lowest BCUT2D eigenvalue weighted by Gasteiger charge is -2.19. The lowest BCUT2D eigenvalue weighted by molar-refractivity contribution is -0.141. The van der Waals surface area contributed by atoms with Crippen molar-refractivity contribution in [1.82, 2.24) is 29.4 Å². The normalized spacial score (nSPS) is 12.0. The highest BCUT2D eigenvalue weighted by atomic mass is 19.4. The number of rotatable bonds is 4. The Hall–Kier alpha value is -2.65. The number of halogens is 3. The zero-order valence-corrected chi connectivity index (χ0v) is 12.5. The third-order valence-electron chi connectivity index (χ3n) is 3.33. The van der Waals surface area contributed by atoms with Gasteiger partial charge in [-0.2, -0.15) is 17.7 Å². The maximum absolute atomic E-state index is 12.6. The molecule has 23 heavy (non-hydrogen) atoms. The van der Waals surface area contributed by atoms with E-state index in [2.05, 4.69) is 20.3 Å². The van der Waals surface area contributed by atoms with Crippen molar-refractivity contribution in [2.45, 2.75) is 26.2 Å². The molecule has 0 N–H and O–H groups in total. The maximum Gasteiger partial charge on any atom is 0.406 e. The second-order valence-electron chi connectivity index (χ2n) is 5.15. The predicted molar refractivity (Wildman–Crippen MR) is 75.9 cm³/mol. The van der Waals surface area contributed by atoms with Gasteiger partial charge in [-0.1, -0.05) is 0 Å². The smallest absolute Gasteiger partial charge is 0.351 e. The molecular weight excluding hydrogens is 311 g/mol. The summed E-state index contributed by atoms with van der Waals surface area (Å²) in [7, 11) is 1.74. The molecule has 3 heterocycles. The summed E-state index contributed by atoms with van der Waals surface area (Å²) in [5.41, 5.74) is 0.609. The molecule has 3 aromatic rings. The van der Waals surface area contributed by atoms with Gasteiger partial charge in [0, 0.05) is 19.4 Å². The van der Waals surface area contributed by atoms with Crippen LogP contribution in [0.25, 0.3) is 5.65 Å². The maximum atomic E-state index is 12.6. The monoisotopic (exact) mass is 325 g/mol. The first kappa shape index (κ1) is 15.3. The molecule has 0 fully saturated rings. The number of hydrogen-bond acceptors (Lipinski definition) is 5. The minimum Gasteiger partial charge on any atom is -0.351 e. The molecule has 0 atom stereocenters. The van der Waals surface area contributed by atoms with Gasteiger partial charge in [-0.25, -0.2) is 4.98 Å². The van der Waals surface area contributed by atoms with E-state index in [1.807, 2.05) is 0 Å². The zero-order valence-electron chi connectivity index (χ0n) is 12.5. The standard InChI is InChI=1S/C13H14F3N7/c1-9-18-19-10-3-4-11(20-23(9)10)21(2)7-12-17-5-6-22(12)8-13(14,15)16/h3-6H,7-8H2,1-2H3. The van der Waals surface area contributed by atoms with Gasteiger partial charge < -0.3 is 9.47 Å². The summed E-state index contributed by atoms with van der Waals surface area (Å²) < 4.78 is 40.3. The number of anilines is 1. The first-order chi connectivity index (χ1) is 10.8. The van der Waals surface area contributed by atoms with Crippen LogP contribution in [0.1, 0.15) is 11.6 Å². The van der Waals surface area contributed by atoms with E-state index in [1.54, 1.807) is 35.5 Å². The Bertz CT molecular complexity index is 820. The molecule has 122 valence electrons. The highest BCUT2D eigenvalue weighted by Crippen LogP contribution is 2.19. The number of fused-ring (bicyclic) bond motifs is 1. The average Bonchev–Trinajstić information content (AvgIpc) is 3.05. The molecular formula is C13H14F3N7. The fourth-order valence-electron chi connectivity index (χ4n) is 2.21. The van der Waals surface area contributed by atoms with Crippen LogP contribution in [0.3, 0.4) is 0 Å². The number of hydrogen-bond donors (Lipinski definition) is 0. The van der Waals surface area contributed by atoms with E-state index in [0.29, 0.717) is 23.1 Å². The average molecular weight is 325 g/mol. The lowest BCUT2D eigenvalue weighted by Crippen LogP contribution is -2.24. The zero-order chi connectivity index (χ0) is 16.6. The fourth-order valence-corrected chi connectivity index (χ4v) is 2.21. The molecule has 3 rings (SSSR count). The van der Waals surface area contributed by atoms with E-state index in [-0.39, 0.29) is 6.54 Å². The Labute approximate surface area is 129 Å². The topological polar surface area (TPSA) is 64.1 Å². The van der Waals surface area contributed by atoms with E-state index in [9.17, 15) is 13.2 Å². The minimum atomic E-state index is -4.29. The number of alkyl halides is 3. The molecule has 0 aliphatic rings. The van der Waals surface area contributed by atoms with Crippen LogP contribution >= 0.6 is 0 Å². The van der Waals surface area contributed by atoms with E-state index in [0.717, 1.165) is 4.57 Å². The Balaban J connectivity index is 1.82.